The van der Waals surface area contributed by atoms with Crippen molar-refractivity contribution in [1.82, 2.24) is 9.97 Å². The Morgan fingerprint density at radius 3 is 2.87 bits per heavy atom. The van der Waals surface area contributed by atoms with Crippen LogP contribution in [0.1, 0.15) is 25.7 Å². The summed E-state index contributed by atoms with van der Waals surface area (Å²) in [4.78, 5) is 10.6. The lowest BCUT2D eigenvalue weighted by Gasteiger charge is -2.38. The van der Waals surface area contributed by atoms with Crippen LogP contribution < -0.4 is 4.90 Å². The Balaban J connectivity index is 2.04. The van der Waals surface area contributed by atoms with Gasteiger partial charge in [-0.25, -0.2) is 9.97 Å². The number of aromatic nitrogens is 2. The average Bonchev–Trinajstić information content (AvgIpc) is 2.22. The Hall–Kier alpha value is -0.830. The van der Waals surface area contributed by atoms with Crippen molar-refractivity contribution in [2.45, 2.75) is 31.7 Å². The van der Waals surface area contributed by atoms with Crippen molar-refractivity contribution in [3.8, 4) is 0 Å². The predicted molar refractivity (Wildman–Crippen MR) is 62.4 cm³/mol. The summed E-state index contributed by atoms with van der Waals surface area (Å²) in [5.41, 5.74) is 0. The van der Waals surface area contributed by atoms with E-state index in [4.69, 9.17) is 11.6 Å². The van der Waals surface area contributed by atoms with E-state index < -0.39 is 0 Å². The zero-order valence-corrected chi connectivity index (χ0v) is 9.53. The molecule has 0 spiro atoms. The smallest absolute Gasteiger partial charge is 0.132 e. The van der Waals surface area contributed by atoms with Crippen LogP contribution in [-0.4, -0.2) is 28.4 Å². The van der Waals surface area contributed by atoms with Crippen LogP contribution in [0.4, 0.5) is 5.82 Å². The molecule has 0 amide bonds. The van der Waals surface area contributed by atoms with Crippen LogP contribution in [0.2, 0.25) is 0 Å². The first-order valence-electron chi connectivity index (χ1n) is 5.50. The van der Waals surface area contributed by atoms with Gasteiger partial charge in [-0.2, -0.15) is 0 Å². The van der Waals surface area contributed by atoms with Crippen molar-refractivity contribution in [2.24, 2.45) is 0 Å². The molecule has 15 heavy (non-hydrogen) atoms. The second-order valence-corrected chi connectivity index (χ2v) is 4.27. The van der Waals surface area contributed by atoms with Crippen LogP contribution in [0, 0.1) is 0 Å². The quantitative estimate of drug-likeness (QED) is 0.721. The first kappa shape index (κ1) is 10.7. The van der Waals surface area contributed by atoms with Crippen LogP contribution >= 0.6 is 11.6 Å². The highest BCUT2D eigenvalue weighted by atomic mass is 35.5. The standard InChI is InChI=1S/C11H16ClN3/c12-6-2-8-15(10-3-1-4-10)11-5-7-13-9-14-11/h5,7,9-10H,1-4,6,8H2. The van der Waals surface area contributed by atoms with Crippen molar-refractivity contribution >= 4 is 17.4 Å². The zero-order chi connectivity index (χ0) is 10.5. The predicted octanol–water partition coefficient (Wildman–Crippen LogP) is 2.46. The molecule has 1 aliphatic carbocycles. The number of alkyl halides is 1. The molecule has 1 heterocycles. The SMILES string of the molecule is ClCCCN(c1ccncn1)C1CCC1. The molecule has 0 aliphatic heterocycles. The van der Waals surface area contributed by atoms with E-state index in [0.717, 1.165) is 18.8 Å². The van der Waals surface area contributed by atoms with Crippen molar-refractivity contribution in [1.29, 1.82) is 0 Å². The number of rotatable bonds is 5. The van der Waals surface area contributed by atoms with Crippen LogP contribution in [0.25, 0.3) is 0 Å². The monoisotopic (exact) mass is 225 g/mol. The van der Waals surface area contributed by atoms with Gasteiger partial charge in [0.1, 0.15) is 12.1 Å². The van der Waals surface area contributed by atoms with E-state index in [-0.39, 0.29) is 0 Å². The van der Waals surface area contributed by atoms with Gasteiger partial charge in [0.15, 0.2) is 0 Å². The largest absolute Gasteiger partial charge is 0.353 e. The highest BCUT2D eigenvalue weighted by Crippen LogP contribution is 2.28. The number of hydrogen-bond donors (Lipinski definition) is 0. The maximum atomic E-state index is 5.74. The fraction of sp³-hybridized carbons (Fsp3) is 0.636. The summed E-state index contributed by atoms with van der Waals surface area (Å²) in [7, 11) is 0. The van der Waals surface area contributed by atoms with Crippen molar-refractivity contribution in [2.75, 3.05) is 17.3 Å². The molecule has 0 aromatic carbocycles. The summed E-state index contributed by atoms with van der Waals surface area (Å²) in [6.07, 6.45) is 8.34. The normalized spacial score (nSPS) is 16.1. The van der Waals surface area contributed by atoms with Gasteiger partial charge in [0.2, 0.25) is 0 Å². The molecule has 1 aromatic heterocycles. The fourth-order valence-corrected chi connectivity index (χ4v) is 1.99. The van der Waals surface area contributed by atoms with E-state index in [1.165, 1.54) is 19.3 Å². The molecular formula is C11H16ClN3. The Kier molecular flexibility index (Phi) is 3.78. The van der Waals surface area contributed by atoms with Crippen molar-refractivity contribution in [3.63, 3.8) is 0 Å². The van der Waals surface area contributed by atoms with Gasteiger partial charge in [-0.05, 0) is 31.7 Å². The van der Waals surface area contributed by atoms with E-state index in [9.17, 15) is 0 Å². The van der Waals surface area contributed by atoms with Gasteiger partial charge < -0.3 is 4.90 Å². The molecule has 0 bridgehead atoms. The first-order valence-corrected chi connectivity index (χ1v) is 6.04. The van der Waals surface area contributed by atoms with E-state index >= 15 is 0 Å². The van der Waals surface area contributed by atoms with Crippen molar-refractivity contribution < 1.29 is 0 Å². The molecule has 0 saturated heterocycles. The van der Waals surface area contributed by atoms with Crippen LogP contribution in [0.5, 0.6) is 0 Å². The van der Waals surface area contributed by atoms with Gasteiger partial charge in [-0.15, -0.1) is 11.6 Å². The second kappa shape index (κ2) is 5.31. The second-order valence-electron chi connectivity index (χ2n) is 3.89. The highest BCUT2D eigenvalue weighted by molar-refractivity contribution is 6.17. The van der Waals surface area contributed by atoms with Gasteiger partial charge in [0.25, 0.3) is 0 Å². The molecule has 0 atom stereocenters. The maximum Gasteiger partial charge on any atom is 0.132 e. The first-order chi connectivity index (χ1) is 7.42. The van der Waals surface area contributed by atoms with Gasteiger partial charge in [-0.1, -0.05) is 0 Å². The van der Waals surface area contributed by atoms with E-state index in [2.05, 4.69) is 14.9 Å². The summed E-state index contributed by atoms with van der Waals surface area (Å²) in [6, 6.07) is 2.65. The maximum absolute atomic E-state index is 5.74. The third kappa shape index (κ3) is 2.59. The number of halogens is 1. The molecular weight excluding hydrogens is 210 g/mol. The summed E-state index contributed by atoms with van der Waals surface area (Å²) in [5.74, 6) is 1.76. The summed E-state index contributed by atoms with van der Waals surface area (Å²) in [6.45, 7) is 1.01. The third-order valence-corrected chi connectivity index (χ3v) is 3.18. The molecule has 1 fully saturated rings. The number of anilines is 1. The molecule has 0 unspecified atom stereocenters. The van der Waals surface area contributed by atoms with Crippen molar-refractivity contribution in [3.05, 3.63) is 18.6 Å². The Labute approximate surface area is 95.5 Å². The fourth-order valence-electron chi connectivity index (χ4n) is 1.87. The lowest BCUT2D eigenvalue weighted by Crippen LogP contribution is -2.41. The van der Waals surface area contributed by atoms with E-state index in [1.54, 1.807) is 12.5 Å². The van der Waals surface area contributed by atoms with Gasteiger partial charge in [-0.3, -0.25) is 0 Å². The zero-order valence-electron chi connectivity index (χ0n) is 8.77. The summed E-state index contributed by atoms with van der Waals surface area (Å²) in [5, 5.41) is 0. The van der Waals surface area contributed by atoms with Crippen LogP contribution in [-0.2, 0) is 0 Å². The van der Waals surface area contributed by atoms with Crippen LogP contribution in [0.15, 0.2) is 18.6 Å². The Bertz CT molecular complexity index is 287. The highest BCUT2D eigenvalue weighted by Gasteiger charge is 2.25. The van der Waals surface area contributed by atoms with Crippen LogP contribution in [0.3, 0.4) is 0 Å². The number of hydrogen-bond acceptors (Lipinski definition) is 3. The molecule has 1 saturated carbocycles. The molecule has 4 heteroatoms. The molecule has 0 radical (unpaired) electrons. The number of nitrogens with zero attached hydrogens (tertiary/aromatic N) is 3. The lowest BCUT2D eigenvalue weighted by atomic mass is 9.91. The molecule has 1 aliphatic rings. The van der Waals surface area contributed by atoms with Gasteiger partial charge in [0.05, 0.1) is 0 Å². The van der Waals surface area contributed by atoms with E-state index in [1.807, 2.05) is 6.07 Å². The molecule has 1 aromatic rings. The van der Waals surface area contributed by atoms with E-state index in [0.29, 0.717) is 11.9 Å². The lowest BCUT2D eigenvalue weighted by molar-refractivity contribution is 0.384. The topological polar surface area (TPSA) is 29.0 Å². The summed E-state index contributed by atoms with van der Waals surface area (Å²) >= 11 is 5.74. The minimum absolute atomic E-state index is 0.670. The molecule has 0 N–H and O–H groups in total. The minimum atomic E-state index is 0.670. The third-order valence-electron chi connectivity index (χ3n) is 2.91. The average molecular weight is 226 g/mol. The Morgan fingerprint density at radius 2 is 2.33 bits per heavy atom. The van der Waals surface area contributed by atoms with Gasteiger partial charge in [0, 0.05) is 24.7 Å². The van der Waals surface area contributed by atoms with Gasteiger partial charge >= 0.3 is 0 Å². The Morgan fingerprint density at radius 1 is 1.47 bits per heavy atom. The minimum Gasteiger partial charge on any atom is -0.353 e. The molecule has 82 valence electrons. The molecule has 3 nitrogen and oxygen atoms in total. The molecule has 2 rings (SSSR count). The summed E-state index contributed by atoms with van der Waals surface area (Å²) < 4.78 is 0.